The normalized spacial score (nSPS) is 22.7. The van der Waals surface area contributed by atoms with E-state index in [-0.39, 0.29) is 23.1 Å². The first kappa shape index (κ1) is 27.9. The molecule has 1 aliphatic heterocycles. The summed E-state index contributed by atoms with van der Waals surface area (Å²) in [6, 6.07) is 7.99. The molecule has 1 unspecified atom stereocenters. The van der Waals surface area contributed by atoms with Gasteiger partial charge in [0.15, 0.2) is 17.7 Å². The Balaban J connectivity index is 1.24. The average molecular weight is 526 g/mol. The molecule has 1 amide bonds. The van der Waals surface area contributed by atoms with Gasteiger partial charge >= 0.3 is 0 Å². The van der Waals surface area contributed by atoms with Gasteiger partial charge in [0.1, 0.15) is 30.2 Å². The summed E-state index contributed by atoms with van der Waals surface area (Å²) in [5.74, 6) is 0.0854. The van der Waals surface area contributed by atoms with Crippen LogP contribution in [-0.2, 0) is 14.9 Å². The van der Waals surface area contributed by atoms with Gasteiger partial charge in [-0.3, -0.25) is 9.36 Å². The van der Waals surface area contributed by atoms with Crippen LogP contribution in [0.25, 0.3) is 11.2 Å². The molecule has 11 heteroatoms. The minimum absolute atomic E-state index is 0.00585. The quantitative estimate of drug-likeness (QED) is 0.330. The van der Waals surface area contributed by atoms with Crippen LogP contribution in [0.4, 0.5) is 11.5 Å². The van der Waals surface area contributed by atoms with E-state index in [9.17, 15) is 15.0 Å². The van der Waals surface area contributed by atoms with Crippen LogP contribution < -0.4 is 11.1 Å². The maximum absolute atomic E-state index is 12.7. The molecule has 0 aliphatic carbocycles. The summed E-state index contributed by atoms with van der Waals surface area (Å²) >= 11 is 0. The number of anilines is 2. The molecule has 4 rings (SSSR count). The molecule has 0 bridgehead atoms. The van der Waals surface area contributed by atoms with Crippen LogP contribution in [-0.4, -0.2) is 79.0 Å². The number of nitrogen functional groups attached to an aromatic ring is 1. The molecule has 0 spiro atoms. The van der Waals surface area contributed by atoms with Crippen molar-refractivity contribution in [1.29, 1.82) is 0 Å². The second-order valence-corrected chi connectivity index (χ2v) is 11.3. The fraction of sp³-hybridized carbons (Fsp3) is 0.556. The first-order valence-corrected chi connectivity index (χ1v) is 13.0. The number of rotatable bonds is 9. The number of carbonyl (C=O) groups excluding carboxylic acids is 1. The molecule has 2 aromatic heterocycles. The molecule has 1 saturated heterocycles. The van der Waals surface area contributed by atoms with Crippen LogP contribution in [0.2, 0.25) is 0 Å². The van der Waals surface area contributed by atoms with Crippen molar-refractivity contribution in [2.24, 2.45) is 5.92 Å². The van der Waals surface area contributed by atoms with E-state index in [1.165, 1.54) is 18.2 Å². The summed E-state index contributed by atoms with van der Waals surface area (Å²) in [6.45, 7) is 9.53. The van der Waals surface area contributed by atoms with Gasteiger partial charge in [-0.15, -0.1) is 0 Å². The summed E-state index contributed by atoms with van der Waals surface area (Å²) in [4.78, 5) is 27.0. The van der Waals surface area contributed by atoms with Gasteiger partial charge in [0.05, 0.1) is 6.33 Å². The second-order valence-electron chi connectivity index (χ2n) is 11.3. The zero-order valence-electron chi connectivity index (χ0n) is 22.7. The summed E-state index contributed by atoms with van der Waals surface area (Å²) in [7, 11) is 1.93. The van der Waals surface area contributed by atoms with Crippen molar-refractivity contribution in [3.05, 3.63) is 42.5 Å². The van der Waals surface area contributed by atoms with Crippen LogP contribution in [0.1, 0.15) is 52.3 Å². The van der Waals surface area contributed by atoms with E-state index in [4.69, 9.17) is 10.5 Å². The van der Waals surface area contributed by atoms with Gasteiger partial charge in [-0.1, -0.05) is 39.8 Å². The monoisotopic (exact) mass is 525 g/mol. The Hall–Kier alpha value is -3.12. The second kappa shape index (κ2) is 11.3. The summed E-state index contributed by atoms with van der Waals surface area (Å²) in [6.07, 6.45) is 0.647. The third-order valence-electron chi connectivity index (χ3n) is 7.13. The first-order valence-electron chi connectivity index (χ1n) is 13.0. The van der Waals surface area contributed by atoms with E-state index in [0.29, 0.717) is 24.3 Å². The highest BCUT2D eigenvalue weighted by Crippen LogP contribution is 2.32. The molecule has 3 aromatic rings. The number of amides is 1. The number of nitrogens with two attached hydrogens (primary N) is 1. The zero-order chi connectivity index (χ0) is 27.6. The Bertz CT molecular complexity index is 1240. The highest BCUT2D eigenvalue weighted by atomic mass is 16.6. The number of nitrogens with one attached hydrogen (secondary N) is 1. The van der Waals surface area contributed by atoms with Gasteiger partial charge in [0.2, 0.25) is 5.91 Å². The SMILES string of the molecule is CC(CCCN(C)C[C@H]1O[C@@H](n2cnc3c(N)ncnc32)[C@H](O)[C@@H]1O)C(=O)Nc1ccc(C(C)(C)C)cc1. The van der Waals surface area contributed by atoms with Crippen molar-refractivity contribution >= 4 is 28.6 Å². The lowest BCUT2D eigenvalue weighted by Gasteiger charge is -2.23. The molecule has 38 heavy (non-hydrogen) atoms. The summed E-state index contributed by atoms with van der Waals surface area (Å²) in [5.41, 5.74) is 8.79. The largest absolute Gasteiger partial charge is 0.387 e. The van der Waals surface area contributed by atoms with E-state index in [1.807, 2.05) is 31.0 Å². The third-order valence-corrected chi connectivity index (χ3v) is 7.13. The van der Waals surface area contributed by atoms with E-state index >= 15 is 0 Å². The van der Waals surface area contributed by atoms with Gasteiger partial charge in [-0.2, -0.15) is 0 Å². The topological polar surface area (TPSA) is 152 Å². The molecule has 206 valence electrons. The molecular weight excluding hydrogens is 486 g/mol. The molecule has 1 aromatic carbocycles. The lowest BCUT2D eigenvalue weighted by atomic mass is 9.87. The predicted molar refractivity (Wildman–Crippen MR) is 145 cm³/mol. The van der Waals surface area contributed by atoms with Crippen molar-refractivity contribution in [3.63, 3.8) is 0 Å². The number of ether oxygens (including phenoxy) is 1. The van der Waals surface area contributed by atoms with Gasteiger partial charge in [0, 0.05) is 18.2 Å². The fourth-order valence-corrected chi connectivity index (χ4v) is 4.68. The number of nitrogens with zero attached hydrogens (tertiary/aromatic N) is 5. The summed E-state index contributed by atoms with van der Waals surface area (Å²) < 4.78 is 7.59. The Morgan fingerprint density at radius 1 is 1.18 bits per heavy atom. The molecule has 0 saturated carbocycles. The Morgan fingerprint density at radius 2 is 1.89 bits per heavy atom. The van der Waals surface area contributed by atoms with E-state index < -0.39 is 24.5 Å². The van der Waals surface area contributed by atoms with Crippen LogP contribution in [0.3, 0.4) is 0 Å². The standard InChI is InChI=1S/C27H39N7O4/c1-16(25(37)32-18-10-8-17(9-11-18)27(2,3)4)7-6-12-33(5)13-19-21(35)22(36)26(38-19)34-15-31-20-23(28)29-14-30-24(20)34/h8-11,14-16,19,21-22,26,35-36H,6-7,12-13H2,1-5H3,(H,32,37)(H2,28,29,30)/t16?,19-,21-,22-,26-/m1/s1. The Kier molecular flexibility index (Phi) is 8.31. The van der Waals surface area contributed by atoms with Gasteiger partial charge in [0.25, 0.3) is 0 Å². The van der Waals surface area contributed by atoms with Crippen LogP contribution in [0.5, 0.6) is 0 Å². The first-order chi connectivity index (χ1) is 18.0. The van der Waals surface area contributed by atoms with Gasteiger partial charge in [-0.25, -0.2) is 15.0 Å². The Morgan fingerprint density at radius 3 is 2.58 bits per heavy atom. The number of carbonyl (C=O) groups is 1. The van der Waals surface area contributed by atoms with E-state index in [1.54, 1.807) is 4.57 Å². The number of hydrogen-bond donors (Lipinski definition) is 4. The molecular formula is C27H39N7O4. The maximum atomic E-state index is 12.7. The molecule has 5 N–H and O–H groups in total. The lowest BCUT2D eigenvalue weighted by Crippen LogP contribution is -2.39. The Labute approximate surface area is 223 Å². The van der Waals surface area contributed by atoms with Crippen LogP contribution in [0.15, 0.2) is 36.9 Å². The minimum atomic E-state index is -1.15. The zero-order valence-corrected chi connectivity index (χ0v) is 22.7. The smallest absolute Gasteiger partial charge is 0.227 e. The number of fused-ring (bicyclic) bond motifs is 1. The third kappa shape index (κ3) is 6.12. The molecule has 0 radical (unpaired) electrons. The van der Waals surface area contributed by atoms with Crippen LogP contribution >= 0.6 is 0 Å². The summed E-state index contributed by atoms with van der Waals surface area (Å²) in [5, 5.41) is 24.3. The van der Waals surface area contributed by atoms with Gasteiger partial charge < -0.3 is 30.9 Å². The van der Waals surface area contributed by atoms with Gasteiger partial charge in [-0.05, 0) is 49.5 Å². The predicted octanol–water partition coefficient (Wildman–Crippen LogP) is 2.31. The van der Waals surface area contributed by atoms with E-state index in [0.717, 1.165) is 18.5 Å². The fourth-order valence-electron chi connectivity index (χ4n) is 4.68. The molecule has 3 heterocycles. The molecule has 11 nitrogen and oxygen atoms in total. The highest BCUT2D eigenvalue weighted by Gasteiger charge is 2.44. The van der Waals surface area contributed by atoms with E-state index in [2.05, 4.69) is 53.2 Å². The highest BCUT2D eigenvalue weighted by molar-refractivity contribution is 5.92. The number of imidazole rings is 1. The molecule has 5 atom stereocenters. The molecule has 1 aliphatic rings. The average Bonchev–Trinajstić information content (AvgIpc) is 3.41. The van der Waals surface area contributed by atoms with Crippen molar-refractivity contribution in [3.8, 4) is 0 Å². The number of aliphatic hydroxyl groups is 2. The number of benzene rings is 1. The molecule has 1 fully saturated rings. The van der Waals surface area contributed by atoms with Crippen molar-refractivity contribution in [1.82, 2.24) is 24.4 Å². The maximum Gasteiger partial charge on any atom is 0.227 e. The van der Waals surface area contributed by atoms with Crippen molar-refractivity contribution in [2.75, 3.05) is 31.2 Å². The number of aromatic nitrogens is 4. The number of hydrogen-bond acceptors (Lipinski definition) is 9. The van der Waals surface area contributed by atoms with Crippen molar-refractivity contribution < 1.29 is 19.7 Å². The number of aliphatic hydroxyl groups excluding tert-OH is 2. The van der Waals surface area contributed by atoms with Crippen LogP contribution in [0, 0.1) is 5.92 Å². The number of likely N-dealkylation sites (N-methyl/N-ethyl adjacent to an activating group) is 1. The lowest BCUT2D eigenvalue weighted by molar-refractivity contribution is -0.119. The van der Waals surface area contributed by atoms with Crippen molar-refractivity contribution in [2.45, 2.75) is 70.5 Å². The minimum Gasteiger partial charge on any atom is -0.387 e.